The maximum atomic E-state index is 13.1. The molecule has 0 spiro atoms. The molecule has 4 rings (SSSR count). The van der Waals surface area contributed by atoms with Crippen LogP contribution in [0, 0.1) is 5.92 Å². The molecule has 1 saturated heterocycles. The van der Waals surface area contributed by atoms with Crippen molar-refractivity contribution in [3.8, 4) is 5.75 Å². The Morgan fingerprint density at radius 3 is 2.76 bits per heavy atom. The molecule has 6 heteroatoms. The molecule has 1 aromatic heterocycles. The minimum atomic E-state index is -0.384. The SMILES string of the molecule is COc1cccc(N2C[C@@H](C(=O)N(C)[C@@H](C)c3cc4ccccc4o3)CC2=O)c1. The second kappa shape index (κ2) is 7.62. The van der Waals surface area contributed by atoms with Crippen molar-refractivity contribution >= 4 is 28.5 Å². The summed E-state index contributed by atoms with van der Waals surface area (Å²) in [6.45, 7) is 2.30. The van der Waals surface area contributed by atoms with E-state index in [2.05, 4.69) is 0 Å². The average molecular weight is 392 g/mol. The Hall–Kier alpha value is -3.28. The summed E-state index contributed by atoms with van der Waals surface area (Å²) in [6, 6.07) is 16.8. The van der Waals surface area contributed by atoms with Gasteiger partial charge in [-0.25, -0.2) is 0 Å². The second-order valence-electron chi connectivity index (χ2n) is 7.42. The maximum Gasteiger partial charge on any atom is 0.228 e. The molecule has 2 atom stereocenters. The lowest BCUT2D eigenvalue weighted by molar-refractivity contribution is -0.136. The van der Waals surface area contributed by atoms with Gasteiger partial charge in [0.05, 0.1) is 19.1 Å². The van der Waals surface area contributed by atoms with Gasteiger partial charge < -0.3 is 19.0 Å². The van der Waals surface area contributed by atoms with E-state index in [1.807, 2.05) is 61.5 Å². The summed E-state index contributed by atoms with van der Waals surface area (Å²) in [5.74, 6) is 0.917. The van der Waals surface area contributed by atoms with Crippen molar-refractivity contribution in [1.29, 1.82) is 0 Å². The summed E-state index contributed by atoms with van der Waals surface area (Å²) in [5.41, 5.74) is 1.55. The predicted molar refractivity (Wildman–Crippen MR) is 111 cm³/mol. The van der Waals surface area contributed by atoms with Gasteiger partial charge in [0, 0.05) is 37.2 Å². The lowest BCUT2D eigenvalue weighted by Crippen LogP contribution is -2.36. The molecule has 6 nitrogen and oxygen atoms in total. The van der Waals surface area contributed by atoms with Crippen LogP contribution in [0.15, 0.2) is 59.0 Å². The number of methoxy groups -OCH3 is 1. The smallest absolute Gasteiger partial charge is 0.228 e. The highest BCUT2D eigenvalue weighted by Crippen LogP contribution is 2.31. The number of amides is 2. The fourth-order valence-corrected chi connectivity index (χ4v) is 3.78. The van der Waals surface area contributed by atoms with Crippen LogP contribution in [-0.4, -0.2) is 37.4 Å². The highest BCUT2D eigenvalue weighted by Gasteiger charge is 2.38. The minimum Gasteiger partial charge on any atom is -0.497 e. The molecule has 1 fully saturated rings. The van der Waals surface area contributed by atoms with Crippen LogP contribution >= 0.6 is 0 Å². The first-order valence-corrected chi connectivity index (χ1v) is 9.67. The minimum absolute atomic E-state index is 0.0543. The molecule has 2 heterocycles. The van der Waals surface area contributed by atoms with Gasteiger partial charge in [-0.3, -0.25) is 9.59 Å². The van der Waals surface area contributed by atoms with Crippen molar-refractivity contribution in [3.05, 3.63) is 60.4 Å². The Bertz CT molecular complexity index is 1020. The van der Waals surface area contributed by atoms with E-state index in [0.717, 1.165) is 22.4 Å². The van der Waals surface area contributed by atoms with Crippen molar-refractivity contribution in [3.63, 3.8) is 0 Å². The number of hydrogen-bond donors (Lipinski definition) is 0. The fourth-order valence-electron chi connectivity index (χ4n) is 3.78. The number of hydrogen-bond acceptors (Lipinski definition) is 4. The van der Waals surface area contributed by atoms with Gasteiger partial charge in [-0.2, -0.15) is 0 Å². The molecule has 0 unspecified atom stereocenters. The Morgan fingerprint density at radius 2 is 2.00 bits per heavy atom. The summed E-state index contributed by atoms with van der Waals surface area (Å²) in [5, 5.41) is 1.01. The monoisotopic (exact) mass is 392 g/mol. The second-order valence-corrected chi connectivity index (χ2v) is 7.42. The van der Waals surface area contributed by atoms with E-state index < -0.39 is 0 Å². The third kappa shape index (κ3) is 3.58. The molecule has 2 aromatic carbocycles. The highest BCUT2D eigenvalue weighted by molar-refractivity contribution is 6.00. The van der Waals surface area contributed by atoms with E-state index >= 15 is 0 Å². The molecule has 150 valence electrons. The van der Waals surface area contributed by atoms with Gasteiger partial charge in [-0.1, -0.05) is 24.3 Å². The normalized spacial score (nSPS) is 17.6. The first-order chi connectivity index (χ1) is 14.0. The topological polar surface area (TPSA) is 63.0 Å². The zero-order valence-corrected chi connectivity index (χ0v) is 16.8. The van der Waals surface area contributed by atoms with Crippen molar-refractivity contribution in [2.24, 2.45) is 5.92 Å². The number of rotatable bonds is 5. The Labute approximate surface area is 169 Å². The van der Waals surface area contributed by atoms with Crippen molar-refractivity contribution < 1.29 is 18.7 Å². The maximum absolute atomic E-state index is 13.1. The molecule has 0 N–H and O–H groups in total. The number of fused-ring (bicyclic) bond motifs is 1. The standard InChI is InChI=1S/C23H24N2O4/c1-15(21-11-16-7-4-5-10-20(16)29-21)24(2)23(27)17-12-22(26)25(14-17)18-8-6-9-19(13-18)28-3/h4-11,13,15,17H,12,14H2,1-3H3/t15-,17-/m0/s1. The zero-order valence-electron chi connectivity index (χ0n) is 16.8. The molecule has 3 aromatic rings. The third-order valence-electron chi connectivity index (χ3n) is 5.62. The number of furan rings is 1. The molecule has 0 aliphatic carbocycles. The first kappa shape index (κ1) is 19.1. The number of ether oxygens (including phenoxy) is 1. The lowest BCUT2D eigenvalue weighted by atomic mass is 10.1. The summed E-state index contributed by atoms with van der Waals surface area (Å²) in [4.78, 5) is 29.0. The Morgan fingerprint density at radius 1 is 1.21 bits per heavy atom. The molecular weight excluding hydrogens is 368 g/mol. The summed E-state index contributed by atoms with van der Waals surface area (Å²) in [6.07, 6.45) is 0.202. The molecular formula is C23H24N2O4. The third-order valence-corrected chi connectivity index (χ3v) is 5.62. The van der Waals surface area contributed by atoms with Crippen LogP contribution in [0.4, 0.5) is 5.69 Å². The van der Waals surface area contributed by atoms with Crippen LogP contribution in [0.1, 0.15) is 25.1 Å². The van der Waals surface area contributed by atoms with Gasteiger partial charge in [0.15, 0.2) is 0 Å². The number of carbonyl (C=O) groups is 2. The van der Waals surface area contributed by atoms with Gasteiger partial charge >= 0.3 is 0 Å². The van der Waals surface area contributed by atoms with Crippen molar-refractivity contribution in [2.45, 2.75) is 19.4 Å². The van der Waals surface area contributed by atoms with E-state index in [9.17, 15) is 9.59 Å². The van der Waals surface area contributed by atoms with Crippen LogP contribution in [0.25, 0.3) is 11.0 Å². The molecule has 0 radical (unpaired) electrons. The summed E-state index contributed by atoms with van der Waals surface area (Å²) in [7, 11) is 3.35. The fraction of sp³-hybridized carbons (Fsp3) is 0.304. The predicted octanol–water partition coefficient (Wildman–Crippen LogP) is 4.01. The molecule has 1 aliphatic rings. The molecule has 1 aliphatic heterocycles. The van der Waals surface area contributed by atoms with E-state index in [1.165, 1.54) is 0 Å². The molecule has 2 amide bonds. The zero-order chi connectivity index (χ0) is 20.5. The van der Waals surface area contributed by atoms with E-state index in [4.69, 9.17) is 9.15 Å². The lowest BCUT2D eigenvalue weighted by Gasteiger charge is -2.26. The van der Waals surface area contributed by atoms with Gasteiger partial charge in [-0.05, 0) is 31.2 Å². The van der Waals surface area contributed by atoms with Crippen LogP contribution in [0.5, 0.6) is 5.75 Å². The van der Waals surface area contributed by atoms with Crippen LogP contribution in [0.2, 0.25) is 0 Å². The number of benzene rings is 2. The van der Waals surface area contributed by atoms with Gasteiger partial charge in [0.2, 0.25) is 11.8 Å². The average Bonchev–Trinajstić information content (AvgIpc) is 3.35. The number of carbonyl (C=O) groups excluding carboxylic acids is 2. The van der Waals surface area contributed by atoms with Crippen LogP contribution < -0.4 is 9.64 Å². The van der Waals surface area contributed by atoms with Crippen LogP contribution in [0.3, 0.4) is 0 Å². The summed E-state index contributed by atoms with van der Waals surface area (Å²) >= 11 is 0. The molecule has 29 heavy (non-hydrogen) atoms. The number of para-hydroxylation sites is 1. The van der Waals surface area contributed by atoms with Gasteiger partial charge in [0.25, 0.3) is 0 Å². The van der Waals surface area contributed by atoms with Crippen LogP contribution in [-0.2, 0) is 9.59 Å². The van der Waals surface area contributed by atoms with E-state index in [0.29, 0.717) is 12.3 Å². The number of anilines is 1. The van der Waals surface area contributed by atoms with Gasteiger partial charge in [0.1, 0.15) is 17.1 Å². The quantitative estimate of drug-likeness (QED) is 0.658. The van der Waals surface area contributed by atoms with Crippen molar-refractivity contribution in [1.82, 2.24) is 4.90 Å². The Kier molecular flexibility index (Phi) is 5.01. The largest absolute Gasteiger partial charge is 0.497 e. The molecule has 0 bridgehead atoms. The van der Waals surface area contributed by atoms with E-state index in [1.54, 1.807) is 24.0 Å². The van der Waals surface area contributed by atoms with E-state index in [-0.39, 0.29) is 30.2 Å². The van der Waals surface area contributed by atoms with Crippen molar-refractivity contribution in [2.75, 3.05) is 25.6 Å². The molecule has 0 saturated carbocycles. The first-order valence-electron chi connectivity index (χ1n) is 9.67. The highest BCUT2D eigenvalue weighted by atomic mass is 16.5. The summed E-state index contributed by atoms with van der Waals surface area (Å²) < 4.78 is 11.2. The Balaban J connectivity index is 1.49. The van der Waals surface area contributed by atoms with Gasteiger partial charge in [-0.15, -0.1) is 0 Å². The number of nitrogens with zero attached hydrogens (tertiary/aromatic N) is 2.